The molecule has 1 aromatic carbocycles. The average molecular weight is 359 g/mol. The maximum atomic E-state index is 6.34. The van der Waals surface area contributed by atoms with Crippen LogP contribution in [0.3, 0.4) is 0 Å². The molecule has 0 amide bonds. The topological polar surface area (TPSA) is 12.0 Å². The monoisotopic (exact) mass is 357 g/mol. The number of benzene rings is 1. The molecule has 0 radical (unpaired) electrons. The van der Waals surface area contributed by atoms with Crippen LogP contribution < -0.4 is 5.32 Å². The summed E-state index contributed by atoms with van der Waals surface area (Å²) in [4.78, 5) is 1.38. The van der Waals surface area contributed by atoms with Crippen LogP contribution in [0.1, 0.15) is 23.3 Å². The Balaban J connectivity index is 2.21. The Morgan fingerprint density at radius 3 is 2.74 bits per heavy atom. The molecule has 0 aliphatic rings. The highest BCUT2D eigenvalue weighted by Crippen LogP contribution is 2.32. The first-order valence-electron chi connectivity index (χ1n) is 6.39. The van der Waals surface area contributed by atoms with Gasteiger partial charge in [-0.25, -0.2) is 0 Å². The number of thiophene rings is 1. The highest BCUT2D eigenvalue weighted by atomic mass is 79.9. The SMILES string of the molecule is CCNCC(Cc1sccc1Br)c1ccccc1Cl. The molecule has 0 aliphatic heterocycles. The van der Waals surface area contributed by atoms with E-state index in [-0.39, 0.29) is 0 Å². The molecule has 19 heavy (non-hydrogen) atoms. The average Bonchev–Trinajstić information content (AvgIpc) is 2.81. The molecule has 0 aliphatic carbocycles. The van der Waals surface area contributed by atoms with Gasteiger partial charge < -0.3 is 5.32 Å². The number of halogens is 2. The van der Waals surface area contributed by atoms with E-state index in [1.54, 1.807) is 11.3 Å². The molecule has 102 valence electrons. The number of likely N-dealkylation sites (N-methyl/N-ethyl adjacent to an activating group) is 1. The van der Waals surface area contributed by atoms with E-state index in [1.165, 1.54) is 14.9 Å². The molecule has 2 aromatic rings. The molecule has 1 unspecified atom stereocenters. The van der Waals surface area contributed by atoms with Crippen LogP contribution in [0.2, 0.25) is 5.02 Å². The van der Waals surface area contributed by atoms with E-state index in [9.17, 15) is 0 Å². The Bertz CT molecular complexity index is 526. The third kappa shape index (κ3) is 4.06. The van der Waals surface area contributed by atoms with Gasteiger partial charge in [0.25, 0.3) is 0 Å². The third-order valence-electron chi connectivity index (χ3n) is 3.11. The zero-order valence-corrected chi connectivity index (χ0v) is 14.0. The molecule has 1 atom stereocenters. The number of hydrogen-bond donors (Lipinski definition) is 1. The van der Waals surface area contributed by atoms with Crippen molar-refractivity contribution in [1.29, 1.82) is 0 Å². The van der Waals surface area contributed by atoms with Crippen LogP contribution in [0.4, 0.5) is 0 Å². The maximum absolute atomic E-state index is 6.34. The lowest BCUT2D eigenvalue weighted by atomic mass is 9.95. The molecule has 0 saturated heterocycles. The van der Waals surface area contributed by atoms with Crippen LogP contribution >= 0.6 is 38.9 Å². The normalized spacial score (nSPS) is 12.6. The van der Waals surface area contributed by atoms with Crippen LogP contribution in [0, 0.1) is 0 Å². The van der Waals surface area contributed by atoms with Gasteiger partial charge in [-0.05, 0) is 52.0 Å². The molecule has 4 heteroatoms. The molecule has 1 nitrogen and oxygen atoms in total. The minimum absolute atomic E-state index is 0.406. The fraction of sp³-hybridized carbons (Fsp3) is 0.333. The zero-order valence-electron chi connectivity index (χ0n) is 10.8. The van der Waals surface area contributed by atoms with Crippen LogP contribution in [-0.2, 0) is 6.42 Å². The van der Waals surface area contributed by atoms with Gasteiger partial charge >= 0.3 is 0 Å². The van der Waals surface area contributed by atoms with Crippen molar-refractivity contribution in [2.75, 3.05) is 13.1 Å². The molecule has 0 saturated carbocycles. The number of rotatable bonds is 6. The highest BCUT2D eigenvalue weighted by Gasteiger charge is 2.16. The summed E-state index contributed by atoms with van der Waals surface area (Å²) in [5.74, 6) is 0.406. The van der Waals surface area contributed by atoms with Gasteiger partial charge in [0.2, 0.25) is 0 Å². The standard InChI is InChI=1S/C15H17BrClNS/c1-2-18-10-11(9-15-13(16)7-8-19-15)12-5-3-4-6-14(12)17/h3-8,11,18H,2,9-10H2,1H3. The van der Waals surface area contributed by atoms with Gasteiger partial charge in [-0.2, -0.15) is 0 Å². The molecule has 0 spiro atoms. The van der Waals surface area contributed by atoms with Crippen molar-refractivity contribution in [2.24, 2.45) is 0 Å². The molecule has 1 heterocycles. The molecule has 2 rings (SSSR count). The second kappa shape index (κ2) is 7.44. The summed E-state index contributed by atoms with van der Waals surface area (Å²) in [5, 5.41) is 6.42. The summed E-state index contributed by atoms with van der Waals surface area (Å²) in [6.45, 7) is 4.06. The van der Waals surface area contributed by atoms with E-state index in [1.807, 2.05) is 12.1 Å². The molecular formula is C15H17BrClNS. The van der Waals surface area contributed by atoms with Crippen molar-refractivity contribution in [3.05, 3.63) is 55.6 Å². The van der Waals surface area contributed by atoms with Gasteiger partial charge in [0.05, 0.1) is 0 Å². The first-order chi connectivity index (χ1) is 9.22. The van der Waals surface area contributed by atoms with Crippen molar-refractivity contribution in [3.8, 4) is 0 Å². The van der Waals surface area contributed by atoms with E-state index in [0.717, 1.165) is 24.5 Å². The molecule has 0 fully saturated rings. The van der Waals surface area contributed by atoms with Gasteiger partial charge in [-0.15, -0.1) is 11.3 Å². The lowest BCUT2D eigenvalue weighted by Crippen LogP contribution is -2.22. The predicted octanol–water partition coefficient (Wildman–Crippen LogP) is 5.10. The predicted molar refractivity (Wildman–Crippen MR) is 88.5 cm³/mol. The Morgan fingerprint density at radius 1 is 1.32 bits per heavy atom. The fourth-order valence-corrected chi connectivity index (χ4v) is 4.00. The van der Waals surface area contributed by atoms with Crippen molar-refractivity contribution in [2.45, 2.75) is 19.3 Å². The van der Waals surface area contributed by atoms with Crippen molar-refractivity contribution >= 4 is 38.9 Å². The van der Waals surface area contributed by atoms with Crippen LogP contribution in [-0.4, -0.2) is 13.1 Å². The fourth-order valence-electron chi connectivity index (χ4n) is 2.11. The summed E-state index contributed by atoms with van der Waals surface area (Å²) in [6.07, 6.45) is 1.01. The second-order valence-electron chi connectivity index (χ2n) is 4.42. The van der Waals surface area contributed by atoms with Gasteiger partial charge in [-0.1, -0.05) is 36.7 Å². The van der Waals surface area contributed by atoms with E-state index in [2.05, 4.69) is 51.7 Å². The van der Waals surface area contributed by atoms with Gasteiger partial charge in [0, 0.05) is 26.8 Å². The smallest absolute Gasteiger partial charge is 0.0441 e. The van der Waals surface area contributed by atoms with Gasteiger partial charge in [0.1, 0.15) is 0 Å². The van der Waals surface area contributed by atoms with Crippen molar-refractivity contribution < 1.29 is 0 Å². The molecule has 0 bridgehead atoms. The quantitative estimate of drug-likeness (QED) is 0.757. The number of hydrogen-bond acceptors (Lipinski definition) is 2. The number of nitrogens with one attached hydrogen (secondary N) is 1. The zero-order chi connectivity index (χ0) is 13.7. The lowest BCUT2D eigenvalue weighted by molar-refractivity contribution is 0.598. The Labute approximate surface area is 132 Å². The summed E-state index contributed by atoms with van der Waals surface area (Å²) < 4.78 is 1.20. The third-order valence-corrected chi connectivity index (χ3v) is 5.40. The Morgan fingerprint density at radius 2 is 2.11 bits per heavy atom. The summed E-state index contributed by atoms with van der Waals surface area (Å²) in [6, 6.07) is 10.3. The molecule has 1 N–H and O–H groups in total. The summed E-state index contributed by atoms with van der Waals surface area (Å²) in [5.41, 5.74) is 1.23. The largest absolute Gasteiger partial charge is 0.316 e. The molecular weight excluding hydrogens is 342 g/mol. The second-order valence-corrected chi connectivity index (χ2v) is 6.68. The van der Waals surface area contributed by atoms with Crippen molar-refractivity contribution in [1.82, 2.24) is 5.32 Å². The van der Waals surface area contributed by atoms with Crippen LogP contribution in [0.15, 0.2) is 40.2 Å². The summed E-state index contributed by atoms with van der Waals surface area (Å²) in [7, 11) is 0. The van der Waals surface area contributed by atoms with Crippen LogP contribution in [0.25, 0.3) is 0 Å². The van der Waals surface area contributed by atoms with Gasteiger partial charge in [0.15, 0.2) is 0 Å². The van der Waals surface area contributed by atoms with E-state index < -0.39 is 0 Å². The minimum atomic E-state index is 0.406. The highest BCUT2D eigenvalue weighted by molar-refractivity contribution is 9.10. The van der Waals surface area contributed by atoms with Crippen molar-refractivity contribution in [3.63, 3.8) is 0 Å². The maximum Gasteiger partial charge on any atom is 0.0441 e. The van der Waals surface area contributed by atoms with E-state index >= 15 is 0 Å². The lowest BCUT2D eigenvalue weighted by Gasteiger charge is -2.18. The molecule has 1 aromatic heterocycles. The Hall–Kier alpha value is -0.350. The van der Waals surface area contributed by atoms with E-state index in [0.29, 0.717) is 5.92 Å². The first kappa shape index (κ1) is 15.0. The van der Waals surface area contributed by atoms with E-state index in [4.69, 9.17) is 11.6 Å². The Kier molecular flexibility index (Phi) is 5.89. The van der Waals surface area contributed by atoms with Crippen LogP contribution in [0.5, 0.6) is 0 Å². The first-order valence-corrected chi connectivity index (χ1v) is 8.44. The van der Waals surface area contributed by atoms with Gasteiger partial charge in [-0.3, -0.25) is 0 Å². The minimum Gasteiger partial charge on any atom is -0.316 e. The summed E-state index contributed by atoms with van der Waals surface area (Å²) >= 11 is 11.7.